The summed E-state index contributed by atoms with van der Waals surface area (Å²) in [4.78, 5) is 21.2. The van der Waals surface area contributed by atoms with Gasteiger partial charge >= 0.3 is 6.09 Å². The minimum absolute atomic E-state index is 0.253. The van der Waals surface area contributed by atoms with Crippen molar-refractivity contribution in [3.05, 3.63) is 95.6 Å². The first kappa shape index (κ1) is 22.5. The lowest BCUT2D eigenvalue weighted by molar-refractivity contribution is 0.0163. The number of aliphatic imine (C=N–C) groups is 1. The zero-order valence-electron chi connectivity index (χ0n) is 19.4. The van der Waals surface area contributed by atoms with E-state index in [1.165, 1.54) is 0 Å². The third-order valence-electron chi connectivity index (χ3n) is 5.32. The molecule has 2 aliphatic heterocycles. The highest BCUT2D eigenvalue weighted by Crippen LogP contribution is 2.16. The van der Waals surface area contributed by atoms with E-state index < -0.39 is 5.60 Å². The van der Waals surface area contributed by atoms with Crippen molar-refractivity contribution < 1.29 is 9.53 Å². The second-order valence-corrected chi connectivity index (χ2v) is 9.00. The maximum atomic E-state index is 12.3. The lowest BCUT2D eigenvalue weighted by Gasteiger charge is -2.38. The maximum absolute atomic E-state index is 12.3. The number of hydrogen-bond donors (Lipinski definition) is 2. The molecule has 0 aliphatic carbocycles. The van der Waals surface area contributed by atoms with Gasteiger partial charge in [0, 0.05) is 37.3 Å². The number of nitrogens with one attached hydrogen (secondary N) is 2. The Hall–Kier alpha value is -3.74. The first-order valence-electron chi connectivity index (χ1n) is 11.3. The fourth-order valence-corrected chi connectivity index (χ4v) is 3.68. The number of allylic oxidation sites excluding steroid dienone is 2. The molecule has 0 bridgehead atoms. The maximum Gasteiger partial charge on any atom is 0.410 e. The van der Waals surface area contributed by atoms with Gasteiger partial charge in [-0.15, -0.1) is 0 Å². The summed E-state index contributed by atoms with van der Waals surface area (Å²) >= 11 is 0. The summed E-state index contributed by atoms with van der Waals surface area (Å²) in [6.45, 7) is 8.35. The van der Waals surface area contributed by atoms with E-state index >= 15 is 0 Å². The average molecular weight is 446 g/mol. The third-order valence-corrected chi connectivity index (χ3v) is 5.32. The number of rotatable bonds is 4. The van der Waals surface area contributed by atoms with Crippen molar-refractivity contribution in [2.45, 2.75) is 26.4 Å². The summed E-state index contributed by atoms with van der Waals surface area (Å²) in [5, 5.41) is 0. The Labute approximate surface area is 195 Å². The summed E-state index contributed by atoms with van der Waals surface area (Å²) in [5.74, 6) is 1.69. The minimum atomic E-state index is -0.480. The predicted molar refractivity (Wildman–Crippen MR) is 130 cm³/mol. The highest BCUT2D eigenvalue weighted by molar-refractivity contribution is 6.13. The molecular formula is C26H31N5O2. The third kappa shape index (κ3) is 5.94. The summed E-state index contributed by atoms with van der Waals surface area (Å²) < 4.78 is 5.48. The fraction of sp³-hybridized carbons (Fsp3) is 0.308. The zero-order valence-corrected chi connectivity index (χ0v) is 19.4. The van der Waals surface area contributed by atoms with E-state index in [2.05, 4.69) is 40.0 Å². The summed E-state index contributed by atoms with van der Waals surface area (Å²) in [6, 6.07) is 20.3. The van der Waals surface area contributed by atoms with Crippen LogP contribution >= 0.6 is 0 Å². The summed E-state index contributed by atoms with van der Waals surface area (Å²) in [6.07, 6.45) is 3.74. The largest absolute Gasteiger partial charge is 0.444 e. The number of hydrogen-bond acceptors (Lipinski definition) is 6. The SMILES string of the molecule is CC(C)(C)OC(=O)N1CCN(C2=CC=C(N=C(c3ccccc3)c3ccccc3)NN2)CC1. The molecule has 7 heteroatoms. The first-order chi connectivity index (χ1) is 15.9. The van der Waals surface area contributed by atoms with Crippen molar-refractivity contribution in [1.82, 2.24) is 20.7 Å². The molecule has 33 heavy (non-hydrogen) atoms. The van der Waals surface area contributed by atoms with Gasteiger partial charge in [-0.3, -0.25) is 10.9 Å². The highest BCUT2D eigenvalue weighted by atomic mass is 16.6. The number of ether oxygens (including phenoxy) is 1. The molecule has 1 saturated heterocycles. The number of amides is 1. The van der Waals surface area contributed by atoms with E-state index in [0.29, 0.717) is 13.1 Å². The van der Waals surface area contributed by atoms with Gasteiger partial charge in [-0.2, -0.15) is 0 Å². The minimum Gasteiger partial charge on any atom is -0.444 e. The van der Waals surface area contributed by atoms with Crippen LogP contribution in [0.25, 0.3) is 0 Å². The number of piperazine rings is 1. The van der Waals surface area contributed by atoms with Crippen LogP contribution in [-0.4, -0.2) is 53.4 Å². The van der Waals surface area contributed by atoms with Crippen LogP contribution in [0.1, 0.15) is 31.9 Å². The van der Waals surface area contributed by atoms with Crippen LogP contribution < -0.4 is 10.9 Å². The molecule has 0 saturated carbocycles. The lowest BCUT2D eigenvalue weighted by Crippen LogP contribution is -2.52. The van der Waals surface area contributed by atoms with E-state index in [0.717, 1.165) is 41.6 Å². The predicted octanol–water partition coefficient (Wildman–Crippen LogP) is 3.87. The van der Waals surface area contributed by atoms with Crippen molar-refractivity contribution in [2.24, 2.45) is 4.99 Å². The van der Waals surface area contributed by atoms with Crippen LogP contribution in [0.3, 0.4) is 0 Å². The standard InChI is InChI=1S/C26H31N5O2/c1-26(2,3)33-25(32)31-18-16-30(17-19-31)23-15-14-22(28-29-23)27-24(20-10-6-4-7-11-20)21-12-8-5-9-13-21/h4-15,28-29H,16-19H2,1-3H3. The lowest BCUT2D eigenvalue weighted by atomic mass is 10.0. The van der Waals surface area contributed by atoms with E-state index in [-0.39, 0.29) is 6.09 Å². The highest BCUT2D eigenvalue weighted by Gasteiger charge is 2.27. The smallest absolute Gasteiger partial charge is 0.410 e. The monoisotopic (exact) mass is 445 g/mol. The van der Waals surface area contributed by atoms with Gasteiger partial charge in [0.25, 0.3) is 0 Å². The van der Waals surface area contributed by atoms with E-state index in [4.69, 9.17) is 9.73 Å². The second kappa shape index (κ2) is 9.81. The Bertz CT molecular complexity index is 1010. The Kier molecular flexibility index (Phi) is 6.68. The molecule has 0 unspecified atom stereocenters. The number of benzene rings is 2. The van der Waals surface area contributed by atoms with Crippen molar-refractivity contribution in [3.8, 4) is 0 Å². The van der Waals surface area contributed by atoms with Crippen LogP contribution in [-0.2, 0) is 4.74 Å². The topological polar surface area (TPSA) is 69.2 Å². The van der Waals surface area contributed by atoms with Crippen LogP contribution in [0.2, 0.25) is 0 Å². The molecule has 2 N–H and O–H groups in total. The van der Waals surface area contributed by atoms with Crippen LogP contribution in [0.5, 0.6) is 0 Å². The van der Waals surface area contributed by atoms with Gasteiger partial charge in [0.15, 0.2) is 0 Å². The molecule has 0 radical (unpaired) electrons. The Balaban J connectivity index is 1.45. The van der Waals surface area contributed by atoms with Gasteiger partial charge in [0.2, 0.25) is 0 Å². The van der Waals surface area contributed by atoms with Crippen molar-refractivity contribution >= 4 is 11.8 Å². The average Bonchev–Trinajstić information content (AvgIpc) is 2.83. The summed E-state index contributed by atoms with van der Waals surface area (Å²) in [7, 11) is 0. The fourth-order valence-electron chi connectivity index (χ4n) is 3.68. The molecule has 2 aliphatic rings. The Morgan fingerprint density at radius 1 is 0.848 bits per heavy atom. The van der Waals surface area contributed by atoms with Crippen LogP contribution in [0.15, 0.2) is 89.5 Å². The first-order valence-corrected chi connectivity index (χ1v) is 11.3. The van der Waals surface area contributed by atoms with Gasteiger partial charge in [-0.05, 0) is 32.9 Å². The molecule has 0 atom stereocenters. The number of carbonyl (C=O) groups is 1. The van der Waals surface area contributed by atoms with E-state index in [1.807, 2.05) is 69.3 Å². The molecule has 2 heterocycles. The molecule has 0 aromatic heterocycles. The molecule has 1 fully saturated rings. The van der Waals surface area contributed by atoms with Crippen LogP contribution in [0.4, 0.5) is 4.79 Å². The second-order valence-electron chi connectivity index (χ2n) is 9.00. The van der Waals surface area contributed by atoms with Gasteiger partial charge in [-0.25, -0.2) is 9.79 Å². The van der Waals surface area contributed by atoms with Gasteiger partial charge in [0.1, 0.15) is 17.2 Å². The van der Waals surface area contributed by atoms with Crippen molar-refractivity contribution in [3.63, 3.8) is 0 Å². The number of nitrogens with zero attached hydrogens (tertiary/aromatic N) is 3. The Morgan fingerprint density at radius 2 is 1.42 bits per heavy atom. The quantitative estimate of drug-likeness (QED) is 0.700. The molecule has 7 nitrogen and oxygen atoms in total. The molecule has 4 rings (SSSR count). The molecule has 2 aromatic carbocycles. The van der Waals surface area contributed by atoms with Crippen molar-refractivity contribution in [2.75, 3.05) is 26.2 Å². The molecule has 2 aromatic rings. The van der Waals surface area contributed by atoms with Crippen LogP contribution in [0, 0.1) is 0 Å². The molecule has 1 amide bonds. The zero-order chi connectivity index (χ0) is 23.3. The van der Waals surface area contributed by atoms with Gasteiger partial charge < -0.3 is 14.5 Å². The molecule has 0 spiro atoms. The number of carbonyl (C=O) groups excluding carboxylic acids is 1. The van der Waals surface area contributed by atoms with E-state index in [9.17, 15) is 4.79 Å². The van der Waals surface area contributed by atoms with Gasteiger partial charge in [-0.1, -0.05) is 60.7 Å². The van der Waals surface area contributed by atoms with E-state index in [1.54, 1.807) is 4.90 Å². The van der Waals surface area contributed by atoms with Crippen molar-refractivity contribution in [1.29, 1.82) is 0 Å². The molecular weight excluding hydrogens is 414 g/mol. The number of hydrazine groups is 1. The van der Waals surface area contributed by atoms with Gasteiger partial charge in [0.05, 0.1) is 5.71 Å². The normalized spacial score (nSPS) is 16.1. The summed E-state index contributed by atoms with van der Waals surface area (Å²) in [5.41, 5.74) is 9.00. The molecule has 172 valence electrons. The Morgan fingerprint density at radius 3 is 1.91 bits per heavy atom.